The van der Waals surface area contributed by atoms with Crippen LogP contribution in [0.15, 0.2) is 18.3 Å². The van der Waals surface area contributed by atoms with Crippen molar-refractivity contribution in [3.63, 3.8) is 0 Å². The fraction of sp³-hybridized carbons (Fsp3) is 0.444. The molecule has 1 unspecified atom stereocenters. The number of alkyl halides is 1. The minimum Gasteiger partial charge on any atom is -0.485 e. The molecule has 0 radical (unpaired) electrons. The third-order valence-electron chi connectivity index (χ3n) is 1.71. The SMILES string of the molecule is CC(CCl)COc1cccnc1[N+](=O)[O-]. The van der Waals surface area contributed by atoms with Gasteiger partial charge in [-0.05, 0) is 22.0 Å². The lowest BCUT2D eigenvalue weighted by molar-refractivity contribution is -0.390. The molecule has 0 aromatic carbocycles. The zero-order valence-electron chi connectivity index (χ0n) is 8.22. The number of nitrogens with zero attached hydrogens (tertiary/aromatic N) is 2. The molecule has 6 heteroatoms. The summed E-state index contributed by atoms with van der Waals surface area (Å²) in [4.78, 5) is 13.6. The molecule has 1 aromatic heterocycles. The number of hydrogen-bond donors (Lipinski definition) is 0. The summed E-state index contributed by atoms with van der Waals surface area (Å²) in [5, 5.41) is 10.6. The highest BCUT2D eigenvalue weighted by atomic mass is 35.5. The zero-order valence-corrected chi connectivity index (χ0v) is 8.98. The van der Waals surface area contributed by atoms with Crippen molar-refractivity contribution in [3.8, 4) is 5.75 Å². The van der Waals surface area contributed by atoms with Crippen molar-refractivity contribution in [1.29, 1.82) is 0 Å². The largest absolute Gasteiger partial charge is 0.485 e. The van der Waals surface area contributed by atoms with Gasteiger partial charge >= 0.3 is 5.82 Å². The van der Waals surface area contributed by atoms with Crippen LogP contribution in [0.4, 0.5) is 5.82 Å². The molecule has 0 aliphatic rings. The maximum Gasteiger partial charge on any atom is 0.406 e. The van der Waals surface area contributed by atoms with E-state index in [9.17, 15) is 10.1 Å². The normalized spacial score (nSPS) is 12.1. The number of halogens is 1. The van der Waals surface area contributed by atoms with E-state index in [0.717, 1.165) is 0 Å². The molecule has 1 rings (SSSR count). The Morgan fingerprint density at radius 2 is 2.47 bits per heavy atom. The first-order chi connectivity index (χ1) is 7.15. The van der Waals surface area contributed by atoms with E-state index >= 15 is 0 Å². The Bertz CT molecular complexity index is 346. The molecule has 5 nitrogen and oxygen atoms in total. The minimum absolute atomic E-state index is 0.145. The van der Waals surface area contributed by atoms with Gasteiger partial charge in [-0.15, -0.1) is 11.6 Å². The van der Waals surface area contributed by atoms with Crippen LogP contribution >= 0.6 is 11.6 Å². The summed E-state index contributed by atoms with van der Waals surface area (Å²) in [5.41, 5.74) is 0. The Morgan fingerprint density at radius 1 is 1.73 bits per heavy atom. The molecule has 0 spiro atoms. The Morgan fingerprint density at radius 3 is 3.07 bits per heavy atom. The predicted octanol–water partition coefficient (Wildman–Crippen LogP) is 2.24. The van der Waals surface area contributed by atoms with Crippen LogP contribution < -0.4 is 4.74 Å². The highest BCUT2D eigenvalue weighted by molar-refractivity contribution is 6.18. The van der Waals surface area contributed by atoms with E-state index in [1.165, 1.54) is 12.3 Å². The van der Waals surface area contributed by atoms with E-state index in [2.05, 4.69) is 4.98 Å². The molecule has 0 N–H and O–H groups in total. The van der Waals surface area contributed by atoms with Crippen molar-refractivity contribution in [2.45, 2.75) is 6.92 Å². The smallest absolute Gasteiger partial charge is 0.406 e. The maximum absolute atomic E-state index is 10.6. The van der Waals surface area contributed by atoms with Gasteiger partial charge in [0.1, 0.15) is 6.20 Å². The summed E-state index contributed by atoms with van der Waals surface area (Å²) in [6, 6.07) is 3.11. The Kier molecular flexibility index (Phi) is 4.30. The summed E-state index contributed by atoms with van der Waals surface area (Å²) in [6.45, 7) is 2.24. The molecule has 0 aliphatic carbocycles. The second kappa shape index (κ2) is 5.50. The molecule has 0 amide bonds. The Balaban J connectivity index is 2.72. The van der Waals surface area contributed by atoms with Gasteiger partial charge in [0, 0.05) is 11.8 Å². The van der Waals surface area contributed by atoms with E-state index in [0.29, 0.717) is 12.5 Å². The van der Waals surface area contributed by atoms with E-state index in [1.54, 1.807) is 6.07 Å². The summed E-state index contributed by atoms with van der Waals surface area (Å²) < 4.78 is 5.26. The second-order valence-corrected chi connectivity index (χ2v) is 3.46. The molecule has 1 aromatic rings. The van der Waals surface area contributed by atoms with Gasteiger partial charge in [-0.2, -0.15) is 0 Å². The maximum atomic E-state index is 10.6. The fourth-order valence-electron chi connectivity index (χ4n) is 0.909. The summed E-state index contributed by atoms with van der Waals surface area (Å²) in [7, 11) is 0. The second-order valence-electron chi connectivity index (χ2n) is 3.15. The minimum atomic E-state index is -0.569. The first kappa shape index (κ1) is 11.7. The quantitative estimate of drug-likeness (QED) is 0.442. The number of ether oxygens (including phenoxy) is 1. The van der Waals surface area contributed by atoms with Crippen LogP contribution in [0.25, 0.3) is 0 Å². The topological polar surface area (TPSA) is 65.3 Å². The van der Waals surface area contributed by atoms with Crippen LogP contribution in [0.2, 0.25) is 0 Å². The van der Waals surface area contributed by atoms with Gasteiger partial charge in [0.05, 0.1) is 6.61 Å². The molecule has 82 valence electrons. The molecule has 0 aliphatic heterocycles. The first-order valence-electron chi connectivity index (χ1n) is 4.43. The van der Waals surface area contributed by atoms with Gasteiger partial charge in [-0.25, -0.2) is 0 Å². The average Bonchev–Trinajstić information content (AvgIpc) is 2.26. The van der Waals surface area contributed by atoms with Crippen LogP contribution in [0, 0.1) is 16.0 Å². The third kappa shape index (κ3) is 3.36. The molecule has 0 bridgehead atoms. The summed E-state index contributed by atoms with van der Waals surface area (Å²) in [5.74, 6) is 0.513. The van der Waals surface area contributed by atoms with Gasteiger partial charge in [-0.1, -0.05) is 6.92 Å². The molecule has 0 saturated carbocycles. The molecule has 15 heavy (non-hydrogen) atoms. The number of aromatic nitrogens is 1. The van der Waals surface area contributed by atoms with Gasteiger partial charge < -0.3 is 14.9 Å². The Hall–Kier alpha value is -1.36. The lowest BCUT2D eigenvalue weighted by atomic mass is 10.2. The van der Waals surface area contributed by atoms with Crippen molar-refractivity contribution >= 4 is 17.4 Å². The monoisotopic (exact) mass is 230 g/mol. The van der Waals surface area contributed by atoms with E-state index in [1.807, 2.05) is 6.92 Å². The van der Waals surface area contributed by atoms with E-state index < -0.39 is 4.92 Å². The number of nitro groups is 1. The van der Waals surface area contributed by atoms with E-state index in [-0.39, 0.29) is 17.5 Å². The van der Waals surface area contributed by atoms with Crippen LogP contribution in [0.3, 0.4) is 0 Å². The average molecular weight is 231 g/mol. The number of rotatable bonds is 5. The molecule has 1 atom stereocenters. The van der Waals surface area contributed by atoms with Crippen molar-refractivity contribution < 1.29 is 9.66 Å². The highest BCUT2D eigenvalue weighted by Gasteiger charge is 2.15. The molecule has 1 heterocycles. The molecule has 0 fully saturated rings. The van der Waals surface area contributed by atoms with Crippen molar-refractivity contribution in [2.75, 3.05) is 12.5 Å². The van der Waals surface area contributed by atoms with Crippen molar-refractivity contribution in [3.05, 3.63) is 28.4 Å². The fourth-order valence-corrected chi connectivity index (χ4v) is 0.998. The zero-order chi connectivity index (χ0) is 11.3. The van der Waals surface area contributed by atoms with E-state index in [4.69, 9.17) is 16.3 Å². The summed E-state index contributed by atoms with van der Waals surface area (Å²) >= 11 is 5.59. The van der Waals surface area contributed by atoms with Gasteiger partial charge in [0.15, 0.2) is 0 Å². The molecular weight excluding hydrogens is 220 g/mol. The van der Waals surface area contributed by atoms with Crippen molar-refractivity contribution in [1.82, 2.24) is 4.98 Å². The Labute approximate surface area is 92.2 Å². The van der Waals surface area contributed by atoms with Gasteiger partial charge in [0.2, 0.25) is 5.75 Å². The molecule has 0 saturated heterocycles. The van der Waals surface area contributed by atoms with Crippen LogP contribution in [0.5, 0.6) is 5.75 Å². The molecular formula is C9H11ClN2O3. The third-order valence-corrected chi connectivity index (χ3v) is 2.24. The highest BCUT2D eigenvalue weighted by Crippen LogP contribution is 2.23. The number of pyridine rings is 1. The van der Waals surface area contributed by atoms with Crippen molar-refractivity contribution in [2.24, 2.45) is 5.92 Å². The summed E-state index contributed by atoms with van der Waals surface area (Å²) in [6.07, 6.45) is 1.36. The van der Waals surface area contributed by atoms with Crippen LogP contribution in [-0.2, 0) is 0 Å². The van der Waals surface area contributed by atoms with Gasteiger partial charge in [-0.3, -0.25) is 0 Å². The predicted molar refractivity (Wildman–Crippen MR) is 56.3 cm³/mol. The van der Waals surface area contributed by atoms with Crippen LogP contribution in [0.1, 0.15) is 6.92 Å². The first-order valence-corrected chi connectivity index (χ1v) is 4.96. The lowest BCUT2D eigenvalue weighted by Gasteiger charge is -2.09. The lowest BCUT2D eigenvalue weighted by Crippen LogP contribution is -2.10. The standard InChI is InChI=1S/C9H11ClN2O3/c1-7(5-10)6-15-8-3-2-4-11-9(8)12(13)14/h2-4,7H,5-6H2,1H3. The van der Waals surface area contributed by atoms with Gasteiger partial charge in [0.25, 0.3) is 0 Å². The number of hydrogen-bond acceptors (Lipinski definition) is 4. The van der Waals surface area contributed by atoms with Crippen LogP contribution in [-0.4, -0.2) is 22.4 Å².